The second kappa shape index (κ2) is 5.56. The summed E-state index contributed by atoms with van der Waals surface area (Å²) in [5.74, 6) is -0.503. The lowest BCUT2D eigenvalue weighted by Crippen LogP contribution is -2.10. The first-order valence-corrected chi connectivity index (χ1v) is 4.89. The minimum atomic E-state index is -2.75. The van der Waals surface area contributed by atoms with Crippen molar-refractivity contribution in [1.29, 1.82) is 0 Å². The van der Waals surface area contributed by atoms with Gasteiger partial charge in [0, 0.05) is 0 Å². The molecule has 0 fully saturated rings. The minimum absolute atomic E-state index is 0.0196. The van der Waals surface area contributed by atoms with E-state index in [2.05, 4.69) is 9.72 Å². The monoisotopic (exact) mass is 245 g/mol. The summed E-state index contributed by atoms with van der Waals surface area (Å²) in [6, 6.07) is 1.44. The van der Waals surface area contributed by atoms with Crippen LogP contribution in [0.1, 0.15) is 23.4 Å². The first-order chi connectivity index (χ1) is 7.99. The Kier molecular flexibility index (Phi) is 4.37. The lowest BCUT2D eigenvalue weighted by Gasteiger charge is -2.11. The van der Waals surface area contributed by atoms with E-state index in [9.17, 15) is 13.6 Å². The molecular formula is C11H13F2NO3. The number of ether oxygens (including phenoxy) is 2. The number of carbonyl (C=O) groups excluding carboxylic acids is 1. The number of pyridine rings is 1. The van der Waals surface area contributed by atoms with Gasteiger partial charge in [0.15, 0.2) is 0 Å². The maximum Gasteiger partial charge on any atom is 0.311 e. The van der Waals surface area contributed by atoms with E-state index in [-0.39, 0.29) is 17.9 Å². The first-order valence-electron chi connectivity index (χ1n) is 4.89. The van der Waals surface area contributed by atoms with Crippen molar-refractivity contribution in [2.45, 2.75) is 19.8 Å². The Labute approximate surface area is 97.6 Å². The van der Waals surface area contributed by atoms with Crippen LogP contribution in [0.3, 0.4) is 0 Å². The number of alkyl halides is 2. The molecule has 0 radical (unpaired) electrons. The number of aryl methyl sites for hydroxylation is 1. The van der Waals surface area contributed by atoms with Crippen LogP contribution in [0.15, 0.2) is 6.07 Å². The minimum Gasteiger partial charge on any atom is -0.495 e. The molecule has 94 valence electrons. The van der Waals surface area contributed by atoms with E-state index >= 15 is 0 Å². The molecule has 0 spiro atoms. The van der Waals surface area contributed by atoms with Crippen LogP contribution >= 0.6 is 0 Å². The molecule has 0 N–H and O–H groups in total. The van der Waals surface area contributed by atoms with E-state index in [1.807, 2.05) is 0 Å². The summed E-state index contributed by atoms with van der Waals surface area (Å²) in [4.78, 5) is 14.8. The Morgan fingerprint density at radius 2 is 2.12 bits per heavy atom. The predicted octanol–water partition coefficient (Wildman–Crippen LogP) is 2.05. The van der Waals surface area contributed by atoms with Gasteiger partial charge in [0.2, 0.25) is 0 Å². The molecule has 0 atom stereocenters. The van der Waals surface area contributed by atoms with E-state index in [0.29, 0.717) is 5.56 Å². The van der Waals surface area contributed by atoms with Crippen LogP contribution < -0.4 is 4.74 Å². The molecule has 0 amide bonds. The highest BCUT2D eigenvalue weighted by molar-refractivity contribution is 5.72. The highest BCUT2D eigenvalue weighted by Gasteiger charge is 2.19. The SMILES string of the molecule is COC(=O)Cc1nc(C(F)F)c(OC)cc1C. The van der Waals surface area contributed by atoms with Crippen LogP contribution in [0.2, 0.25) is 0 Å². The van der Waals surface area contributed by atoms with E-state index in [0.717, 1.165) is 0 Å². The molecule has 0 aliphatic heterocycles. The zero-order valence-electron chi connectivity index (χ0n) is 9.79. The number of esters is 1. The van der Waals surface area contributed by atoms with Gasteiger partial charge in [-0.25, -0.2) is 13.8 Å². The van der Waals surface area contributed by atoms with Crippen molar-refractivity contribution in [2.24, 2.45) is 0 Å². The third-order valence-electron chi connectivity index (χ3n) is 2.28. The molecule has 17 heavy (non-hydrogen) atoms. The average Bonchev–Trinajstić information content (AvgIpc) is 2.30. The molecule has 0 saturated heterocycles. The number of hydrogen-bond donors (Lipinski definition) is 0. The van der Waals surface area contributed by atoms with Crippen molar-refractivity contribution in [3.8, 4) is 5.75 Å². The fourth-order valence-corrected chi connectivity index (χ4v) is 1.35. The Hall–Kier alpha value is -1.72. The number of hydrogen-bond acceptors (Lipinski definition) is 4. The van der Waals surface area contributed by atoms with Gasteiger partial charge < -0.3 is 9.47 Å². The van der Waals surface area contributed by atoms with Gasteiger partial charge in [-0.2, -0.15) is 0 Å². The summed E-state index contributed by atoms with van der Waals surface area (Å²) in [7, 11) is 2.53. The van der Waals surface area contributed by atoms with Crippen LogP contribution in [0.5, 0.6) is 5.75 Å². The molecule has 0 aromatic carbocycles. The van der Waals surface area contributed by atoms with Crippen molar-refractivity contribution in [3.63, 3.8) is 0 Å². The Balaban J connectivity index is 3.15. The highest BCUT2D eigenvalue weighted by Crippen LogP contribution is 2.29. The van der Waals surface area contributed by atoms with Gasteiger partial charge in [-0.05, 0) is 18.6 Å². The summed E-state index contributed by atoms with van der Waals surface area (Å²) in [5.41, 5.74) is 0.418. The third kappa shape index (κ3) is 3.12. The van der Waals surface area contributed by atoms with Crippen LogP contribution in [-0.4, -0.2) is 25.2 Å². The molecule has 1 aromatic rings. The zero-order valence-corrected chi connectivity index (χ0v) is 9.79. The van der Waals surface area contributed by atoms with Gasteiger partial charge in [0.1, 0.15) is 11.4 Å². The molecule has 0 unspecified atom stereocenters. The zero-order chi connectivity index (χ0) is 13.0. The molecule has 6 heteroatoms. The number of aromatic nitrogens is 1. The standard InChI is InChI=1S/C11H13F2NO3/c1-6-4-8(16-2)10(11(12)13)14-7(6)5-9(15)17-3/h4,11H,5H2,1-3H3. The summed E-state index contributed by atoms with van der Waals surface area (Å²) in [6.45, 7) is 1.67. The van der Waals surface area contributed by atoms with E-state index < -0.39 is 18.1 Å². The quantitative estimate of drug-likeness (QED) is 0.762. The van der Waals surface area contributed by atoms with E-state index in [4.69, 9.17) is 4.74 Å². The third-order valence-corrected chi connectivity index (χ3v) is 2.28. The summed E-state index contributed by atoms with van der Waals surface area (Å²) < 4.78 is 34.7. The summed E-state index contributed by atoms with van der Waals surface area (Å²) in [6.07, 6.45) is -2.88. The number of methoxy groups -OCH3 is 2. The number of carbonyl (C=O) groups is 1. The number of rotatable bonds is 4. The molecule has 4 nitrogen and oxygen atoms in total. The van der Waals surface area contributed by atoms with Gasteiger partial charge in [-0.15, -0.1) is 0 Å². The van der Waals surface area contributed by atoms with Gasteiger partial charge >= 0.3 is 5.97 Å². The second-order valence-electron chi connectivity index (χ2n) is 3.39. The molecule has 0 saturated carbocycles. The van der Waals surface area contributed by atoms with Crippen molar-refractivity contribution in [2.75, 3.05) is 14.2 Å². The summed E-state index contributed by atoms with van der Waals surface area (Å²) >= 11 is 0. The maximum absolute atomic E-state index is 12.7. The van der Waals surface area contributed by atoms with Gasteiger partial charge in [0.05, 0.1) is 26.3 Å². The molecular weight excluding hydrogens is 232 g/mol. The molecule has 0 bridgehead atoms. The Bertz CT molecular complexity index is 421. The fourth-order valence-electron chi connectivity index (χ4n) is 1.35. The van der Waals surface area contributed by atoms with Crippen LogP contribution in [0, 0.1) is 6.92 Å². The molecule has 1 aromatic heterocycles. The van der Waals surface area contributed by atoms with Crippen molar-refractivity contribution >= 4 is 5.97 Å². The molecule has 1 heterocycles. The Morgan fingerprint density at radius 3 is 2.59 bits per heavy atom. The maximum atomic E-state index is 12.7. The molecule has 0 aliphatic rings. The van der Waals surface area contributed by atoms with E-state index in [1.54, 1.807) is 6.92 Å². The van der Waals surface area contributed by atoms with Gasteiger partial charge in [-0.3, -0.25) is 4.79 Å². The van der Waals surface area contributed by atoms with Crippen molar-refractivity contribution in [3.05, 3.63) is 23.0 Å². The highest BCUT2D eigenvalue weighted by atomic mass is 19.3. The average molecular weight is 245 g/mol. The van der Waals surface area contributed by atoms with Gasteiger partial charge in [-0.1, -0.05) is 0 Å². The van der Waals surface area contributed by atoms with Crippen LogP contribution in [-0.2, 0) is 16.0 Å². The number of halogens is 2. The first kappa shape index (κ1) is 13.3. The predicted molar refractivity (Wildman–Crippen MR) is 56.2 cm³/mol. The van der Waals surface area contributed by atoms with Crippen LogP contribution in [0.4, 0.5) is 8.78 Å². The van der Waals surface area contributed by atoms with E-state index in [1.165, 1.54) is 20.3 Å². The second-order valence-corrected chi connectivity index (χ2v) is 3.39. The molecule has 1 rings (SSSR count). The smallest absolute Gasteiger partial charge is 0.311 e. The topological polar surface area (TPSA) is 48.4 Å². The lowest BCUT2D eigenvalue weighted by molar-refractivity contribution is -0.139. The van der Waals surface area contributed by atoms with Gasteiger partial charge in [0.25, 0.3) is 6.43 Å². The van der Waals surface area contributed by atoms with Crippen molar-refractivity contribution < 1.29 is 23.0 Å². The Morgan fingerprint density at radius 1 is 1.47 bits per heavy atom. The molecule has 0 aliphatic carbocycles. The van der Waals surface area contributed by atoms with Crippen LogP contribution in [0.25, 0.3) is 0 Å². The number of nitrogens with zero attached hydrogens (tertiary/aromatic N) is 1. The lowest BCUT2D eigenvalue weighted by atomic mass is 10.1. The van der Waals surface area contributed by atoms with Crippen molar-refractivity contribution in [1.82, 2.24) is 4.98 Å². The summed E-state index contributed by atoms with van der Waals surface area (Å²) in [5, 5.41) is 0. The fraction of sp³-hybridized carbons (Fsp3) is 0.455. The normalized spacial score (nSPS) is 10.5. The largest absolute Gasteiger partial charge is 0.495 e.